The standard InChI is InChI=1S/C16H17NO4/c1-8-10-5-3-4-6-11(10)9(2)15(18)14(8)13-7-12(16(19)20)17-21-13/h7,18H,3-6H2,1-2H3,(H,19,20). The van der Waals surface area contributed by atoms with Crippen LogP contribution in [-0.2, 0) is 12.8 Å². The first-order valence-corrected chi connectivity index (χ1v) is 7.05. The normalized spacial score (nSPS) is 14.0. The lowest BCUT2D eigenvalue weighted by Gasteiger charge is -2.23. The van der Waals surface area contributed by atoms with Gasteiger partial charge >= 0.3 is 5.97 Å². The summed E-state index contributed by atoms with van der Waals surface area (Å²) in [7, 11) is 0. The van der Waals surface area contributed by atoms with Crippen LogP contribution >= 0.6 is 0 Å². The van der Waals surface area contributed by atoms with Crippen molar-refractivity contribution in [2.45, 2.75) is 39.5 Å². The summed E-state index contributed by atoms with van der Waals surface area (Å²) in [4.78, 5) is 10.9. The second kappa shape index (κ2) is 4.91. The summed E-state index contributed by atoms with van der Waals surface area (Å²) in [5, 5.41) is 23.0. The summed E-state index contributed by atoms with van der Waals surface area (Å²) < 4.78 is 5.13. The molecule has 0 aliphatic heterocycles. The fourth-order valence-corrected chi connectivity index (χ4v) is 3.19. The van der Waals surface area contributed by atoms with E-state index in [1.54, 1.807) is 0 Å². The molecule has 0 spiro atoms. The van der Waals surface area contributed by atoms with E-state index in [0.29, 0.717) is 11.3 Å². The van der Waals surface area contributed by atoms with Gasteiger partial charge in [0.1, 0.15) is 5.75 Å². The van der Waals surface area contributed by atoms with Gasteiger partial charge < -0.3 is 14.7 Å². The van der Waals surface area contributed by atoms with E-state index < -0.39 is 5.97 Å². The third-order valence-electron chi connectivity index (χ3n) is 4.32. The van der Waals surface area contributed by atoms with E-state index in [1.165, 1.54) is 17.2 Å². The Labute approximate surface area is 122 Å². The molecular formula is C16H17NO4. The number of benzene rings is 1. The molecule has 3 rings (SSSR count). The lowest BCUT2D eigenvalue weighted by Crippen LogP contribution is -2.08. The van der Waals surface area contributed by atoms with E-state index in [-0.39, 0.29) is 11.4 Å². The molecule has 5 nitrogen and oxygen atoms in total. The van der Waals surface area contributed by atoms with Crippen molar-refractivity contribution < 1.29 is 19.5 Å². The number of aromatic nitrogens is 1. The molecule has 2 N–H and O–H groups in total. The number of hydrogen-bond donors (Lipinski definition) is 2. The third kappa shape index (κ3) is 2.09. The minimum Gasteiger partial charge on any atom is -0.507 e. The highest BCUT2D eigenvalue weighted by Gasteiger charge is 2.24. The number of aromatic hydroxyl groups is 1. The largest absolute Gasteiger partial charge is 0.507 e. The average molecular weight is 287 g/mol. The second-order valence-corrected chi connectivity index (χ2v) is 5.52. The molecule has 0 fully saturated rings. The van der Waals surface area contributed by atoms with E-state index in [1.807, 2.05) is 13.8 Å². The highest BCUT2D eigenvalue weighted by molar-refractivity contribution is 5.87. The van der Waals surface area contributed by atoms with Gasteiger partial charge in [-0.05, 0) is 61.8 Å². The fourth-order valence-electron chi connectivity index (χ4n) is 3.19. The maximum Gasteiger partial charge on any atom is 0.358 e. The van der Waals surface area contributed by atoms with Crippen LogP contribution in [0, 0.1) is 13.8 Å². The monoisotopic (exact) mass is 287 g/mol. The predicted octanol–water partition coefficient (Wildman–Crippen LogP) is 3.24. The molecule has 0 unspecified atom stereocenters. The van der Waals surface area contributed by atoms with Crippen LogP contribution in [0.2, 0.25) is 0 Å². The van der Waals surface area contributed by atoms with Crippen LogP contribution in [0.3, 0.4) is 0 Å². The van der Waals surface area contributed by atoms with E-state index in [4.69, 9.17) is 9.63 Å². The molecule has 2 aromatic rings. The molecule has 21 heavy (non-hydrogen) atoms. The van der Waals surface area contributed by atoms with Gasteiger partial charge in [0.2, 0.25) is 0 Å². The Bertz CT molecular complexity index is 730. The van der Waals surface area contributed by atoms with Crippen molar-refractivity contribution >= 4 is 5.97 Å². The zero-order chi connectivity index (χ0) is 15.1. The van der Waals surface area contributed by atoms with Crippen LogP contribution in [0.5, 0.6) is 5.75 Å². The molecule has 1 aromatic heterocycles. The van der Waals surface area contributed by atoms with E-state index >= 15 is 0 Å². The number of fused-ring (bicyclic) bond motifs is 1. The average Bonchev–Trinajstić information content (AvgIpc) is 2.95. The highest BCUT2D eigenvalue weighted by atomic mass is 16.5. The number of rotatable bonds is 2. The van der Waals surface area contributed by atoms with Gasteiger partial charge in [-0.25, -0.2) is 4.79 Å². The molecule has 0 amide bonds. The lowest BCUT2D eigenvalue weighted by molar-refractivity contribution is 0.0686. The van der Waals surface area contributed by atoms with Crippen molar-refractivity contribution in [1.29, 1.82) is 0 Å². The van der Waals surface area contributed by atoms with Gasteiger partial charge in [-0.15, -0.1) is 0 Å². The molecule has 0 atom stereocenters. The lowest BCUT2D eigenvalue weighted by atomic mass is 9.82. The van der Waals surface area contributed by atoms with E-state index in [9.17, 15) is 9.90 Å². The zero-order valence-electron chi connectivity index (χ0n) is 12.1. The molecule has 0 saturated heterocycles. The molecule has 1 aliphatic carbocycles. The summed E-state index contributed by atoms with van der Waals surface area (Å²) in [6.07, 6.45) is 4.23. The number of phenolic OH excluding ortho intramolecular Hbond substituents is 1. The number of nitrogens with zero attached hydrogens (tertiary/aromatic N) is 1. The van der Waals surface area contributed by atoms with Crippen LogP contribution in [0.25, 0.3) is 11.3 Å². The first-order valence-electron chi connectivity index (χ1n) is 7.05. The maximum atomic E-state index is 10.9. The SMILES string of the molecule is Cc1c(O)c(-c2cc(C(=O)O)no2)c(C)c2c1CCCC2. The number of hydrogen-bond acceptors (Lipinski definition) is 4. The van der Waals surface area contributed by atoms with Crippen LogP contribution in [-0.4, -0.2) is 21.3 Å². The minimum absolute atomic E-state index is 0.154. The quantitative estimate of drug-likeness (QED) is 0.885. The summed E-state index contributed by atoms with van der Waals surface area (Å²) in [6, 6.07) is 1.36. The first kappa shape index (κ1) is 13.7. The number of carbonyl (C=O) groups is 1. The molecule has 0 saturated carbocycles. The van der Waals surface area contributed by atoms with Crippen molar-refractivity contribution in [2.75, 3.05) is 0 Å². The molecule has 1 aromatic carbocycles. The molecule has 0 bridgehead atoms. The highest BCUT2D eigenvalue weighted by Crippen LogP contribution is 2.42. The van der Waals surface area contributed by atoms with Crippen LogP contribution in [0.4, 0.5) is 0 Å². The number of carboxylic acids is 1. The molecule has 5 heteroatoms. The molecule has 110 valence electrons. The van der Waals surface area contributed by atoms with Gasteiger partial charge in [0, 0.05) is 6.07 Å². The van der Waals surface area contributed by atoms with Gasteiger partial charge in [-0.3, -0.25) is 0 Å². The number of aromatic carboxylic acids is 1. The second-order valence-electron chi connectivity index (χ2n) is 5.52. The topological polar surface area (TPSA) is 83.6 Å². The van der Waals surface area contributed by atoms with Crippen LogP contribution < -0.4 is 0 Å². The number of phenols is 1. The summed E-state index contributed by atoms with van der Waals surface area (Å²) in [5.74, 6) is -0.670. The third-order valence-corrected chi connectivity index (χ3v) is 4.32. The van der Waals surface area contributed by atoms with Crippen molar-refractivity contribution in [3.63, 3.8) is 0 Å². The Morgan fingerprint density at radius 2 is 1.81 bits per heavy atom. The Morgan fingerprint density at radius 1 is 1.19 bits per heavy atom. The van der Waals surface area contributed by atoms with Gasteiger partial charge in [-0.2, -0.15) is 0 Å². The molecule has 1 heterocycles. The Balaban J connectivity index is 2.22. The van der Waals surface area contributed by atoms with Crippen molar-refractivity contribution in [1.82, 2.24) is 5.16 Å². The Kier molecular flexibility index (Phi) is 3.20. The van der Waals surface area contributed by atoms with Crippen molar-refractivity contribution in [3.8, 4) is 17.1 Å². The van der Waals surface area contributed by atoms with Gasteiger partial charge in [-0.1, -0.05) is 5.16 Å². The summed E-state index contributed by atoms with van der Waals surface area (Å²) in [6.45, 7) is 3.85. The van der Waals surface area contributed by atoms with Crippen LogP contribution in [0.15, 0.2) is 10.6 Å². The van der Waals surface area contributed by atoms with Crippen LogP contribution in [0.1, 0.15) is 45.6 Å². The van der Waals surface area contributed by atoms with Crippen molar-refractivity contribution in [3.05, 3.63) is 34.0 Å². The predicted molar refractivity (Wildman–Crippen MR) is 76.7 cm³/mol. The van der Waals surface area contributed by atoms with Gasteiger partial charge in [0.15, 0.2) is 11.5 Å². The molecule has 1 aliphatic rings. The Hall–Kier alpha value is -2.30. The van der Waals surface area contributed by atoms with Gasteiger partial charge in [0.05, 0.1) is 5.56 Å². The maximum absolute atomic E-state index is 10.9. The smallest absolute Gasteiger partial charge is 0.358 e. The molecular weight excluding hydrogens is 270 g/mol. The Morgan fingerprint density at radius 3 is 2.38 bits per heavy atom. The van der Waals surface area contributed by atoms with E-state index in [2.05, 4.69) is 5.16 Å². The van der Waals surface area contributed by atoms with E-state index in [0.717, 1.165) is 36.8 Å². The fraction of sp³-hybridized carbons (Fsp3) is 0.375. The zero-order valence-corrected chi connectivity index (χ0v) is 12.1. The summed E-state index contributed by atoms with van der Waals surface area (Å²) in [5.41, 5.74) is 4.70. The van der Waals surface area contributed by atoms with Gasteiger partial charge in [0.25, 0.3) is 0 Å². The first-order chi connectivity index (χ1) is 10.0. The minimum atomic E-state index is -1.14. The van der Waals surface area contributed by atoms with Crippen molar-refractivity contribution in [2.24, 2.45) is 0 Å². The summed E-state index contributed by atoms with van der Waals surface area (Å²) >= 11 is 0. The molecule has 0 radical (unpaired) electrons. The number of carboxylic acid groups (broad SMARTS) is 1.